The van der Waals surface area contributed by atoms with Crippen LogP contribution in [0, 0.1) is 0 Å². The Morgan fingerprint density at radius 2 is 0.170 bits per heavy atom. The van der Waals surface area contributed by atoms with Gasteiger partial charge in [-0.2, -0.15) is 0 Å². The molecule has 0 spiro atoms. The van der Waals surface area contributed by atoms with Crippen molar-refractivity contribution in [2.45, 2.75) is 0 Å². The van der Waals surface area contributed by atoms with Crippen LogP contribution in [0.2, 0.25) is 0 Å². The van der Waals surface area contributed by atoms with Gasteiger partial charge in [0.25, 0.3) is 0 Å². The van der Waals surface area contributed by atoms with Crippen LogP contribution in [0.4, 0.5) is 0 Å². The van der Waals surface area contributed by atoms with E-state index < -0.39 is 9.05 Å². The smallest absolute Gasteiger partial charge is 0.475 e. The van der Waals surface area contributed by atoms with Gasteiger partial charge in [-0.1, -0.05) is 0 Å². The van der Waals surface area contributed by atoms with Crippen molar-refractivity contribution in [1.82, 2.24) is 0 Å². The van der Waals surface area contributed by atoms with Crippen LogP contribution in [0.25, 0.3) is 0 Å². The molecule has 0 saturated heterocycles. The Labute approximate surface area is 471 Å². The summed E-state index contributed by atoms with van der Waals surface area (Å²) in [5.74, 6) is 0. The van der Waals surface area contributed by atoms with Gasteiger partial charge in [0.2, 0.25) is 0 Å². The van der Waals surface area contributed by atoms with E-state index in [4.69, 9.17) is 19.2 Å². The molecule has 0 heterocycles. The first kappa shape index (κ1) is 1750. The molecule has 0 aliphatic carbocycles. The van der Waals surface area contributed by atoms with Gasteiger partial charge in [-0.05, 0) is 0 Å². The number of hydrogen-bond acceptors (Lipinski definition) is 3. The van der Waals surface area contributed by atoms with E-state index in [-0.39, 0.29) is 450 Å². The summed E-state index contributed by atoms with van der Waals surface area (Å²) in [6.07, 6.45) is 0. The Hall–Kier alpha value is 6.88. The third-order valence-electron chi connectivity index (χ3n) is 0. The second kappa shape index (κ2) is 1190. The van der Waals surface area contributed by atoms with Crippen LogP contribution in [0.1, 0.15) is 0 Å². The van der Waals surface area contributed by atoms with Crippen molar-refractivity contribution in [3.63, 3.8) is 0 Å². The molecule has 40 nitrogen and oxygen atoms in total. The SMILES string of the molecule is O.O.O.O.O.O.O.O.O.O.O.O.O.O.O.O.O.O.O.O.O.O.O.O.O.O.O.O.O.O.O.O.O.O.O.O[Si](O)(O)[OH2+].[OH3+].[W].[W].[W].[W].[W].[W].[W].[W].[W].[W].[W].[W]. The van der Waals surface area contributed by atoms with Crippen molar-refractivity contribution >= 4 is 9.05 Å². The van der Waals surface area contributed by atoms with Gasteiger partial charge in [-0.25, -0.2) is 0 Å². The number of hydrogen-bond donors (Lipinski definition) is 3. The first-order valence-corrected chi connectivity index (χ1v) is 2.76. The average molecular weight is 2950 g/mol. The van der Waals surface area contributed by atoms with Crippen molar-refractivity contribution in [2.24, 2.45) is 0 Å². The van der Waals surface area contributed by atoms with Crippen LogP contribution in [0.5, 0.6) is 0 Å². The van der Waals surface area contributed by atoms with Gasteiger partial charge in [-0.15, -0.1) is 0 Å². The van der Waals surface area contributed by atoms with Gasteiger partial charge >= 0.3 is 9.05 Å². The Kier molecular flexibility index (Phi) is 39400. The van der Waals surface area contributed by atoms with Crippen LogP contribution in [0.3, 0.4) is 0 Å². The summed E-state index contributed by atoms with van der Waals surface area (Å²) in [5.41, 5.74) is 0. The Morgan fingerprint density at radius 1 is 0.170 bits per heavy atom. The summed E-state index contributed by atoms with van der Waals surface area (Å²) in [6.45, 7) is 0. The van der Waals surface area contributed by atoms with E-state index in [0.717, 1.165) is 0 Å². The molecule has 78 N–H and O–H groups in total. The zero-order chi connectivity index (χ0) is 4.50. The molecule has 0 saturated carbocycles. The van der Waals surface area contributed by atoms with Gasteiger partial charge in [0.05, 0.1) is 0 Å². The molecule has 0 aliphatic heterocycles. The van der Waals surface area contributed by atoms with Gasteiger partial charge in [0, 0.05) is 253 Å². The van der Waals surface area contributed by atoms with E-state index in [0.29, 0.717) is 0 Å². The molecule has 0 aromatic carbocycles. The Morgan fingerprint density at radius 3 is 0.170 bits per heavy atom. The second-order valence-electron chi connectivity index (χ2n) is 0.635. The number of rotatable bonds is 0. The van der Waals surface area contributed by atoms with Crippen molar-refractivity contribution in [3.8, 4) is 0 Å². The monoisotopic (exact) mass is 2950 g/mol. The third kappa shape index (κ3) is 4030. The van der Waals surface area contributed by atoms with E-state index in [1.54, 1.807) is 0 Å². The maximum atomic E-state index is 7.44. The normalized spacial score (nSPS) is 1.13. The quantitative estimate of drug-likeness (QED) is 0.157. The van der Waals surface area contributed by atoms with Crippen LogP contribution in [-0.4, -0.2) is 220 Å². The molecule has 0 bridgehead atoms. The molecule has 0 amide bonds. The minimum atomic E-state index is -4.36. The van der Waals surface area contributed by atoms with E-state index in [1.807, 2.05) is 0 Å². The van der Waals surface area contributed by atoms with E-state index in [1.165, 1.54) is 0 Å². The molecule has 0 aromatic rings. The topological polar surface area (TPSA) is 1220 Å². The molecular formula is H78O40SiW12+2. The summed E-state index contributed by atoms with van der Waals surface area (Å²) in [5, 5.41) is 0. The fourth-order valence-corrected chi connectivity index (χ4v) is 0. The fourth-order valence-electron chi connectivity index (χ4n) is 0. The summed E-state index contributed by atoms with van der Waals surface area (Å²) in [6, 6.07) is 0. The largest absolute Gasteiger partial charge is 0.900 e. The van der Waals surface area contributed by atoms with Crippen LogP contribution >= 0.6 is 0 Å². The van der Waals surface area contributed by atoms with Crippen LogP contribution in [-0.2, 0) is 258 Å². The van der Waals surface area contributed by atoms with Crippen molar-refractivity contribution in [3.05, 3.63) is 0 Å². The third-order valence-corrected chi connectivity index (χ3v) is 0. The van der Waals surface area contributed by atoms with Gasteiger partial charge in [-0.3, -0.25) is 0 Å². The first-order valence-electron chi connectivity index (χ1n) is 0.921. The summed E-state index contributed by atoms with van der Waals surface area (Å²) in [4.78, 5) is 28.1. The van der Waals surface area contributed by atoms with E-state index in [9.17, 15) is 0 Å². The minimum Gasteiger partial charge on any atom is -0.475 e. The maximum absolute atomic E-state index is 7.44. The average Bonchev–Trinajstić information content (AvgIpc) is 0.722. The molecule has 0 rings (SSSR count). The molecule has 0 unspecified atom stereocenters. The summed E-state index contributed by atoms with van der Waals surface area (Å²) < 4.78 is 0. The standard InChI is InChI=1S/H4O4Si.36H2O.12W/c1-5(2,3)4;;;;;;;;;;;;;;;;;;;;;;;;;;;;;;;;;;;;;;;;;;;;;;;;/h1-4H;36*1H2;;;;;;;;;;;;/p+2. The zero-order valence-corrected chi connectivity index (χ0v) is 61.5. The maximum Gasteiger partial charge on any atom is 0.900 e. The molecule has 0 radical (unpaired) electrons. The van der Waals surface area contributed by atoms with Crippen molar-refractivity contribution < 1.29 is 469 Å². The van der Waals surface area contributed by atoms with Crippen molar-refractivity contribution in [2.75, 3.05) is 0 Å². The first-order chi connectivity index (χ1) is 2.00. The Bertz CT molecular complexity index is 63.2. The Balaban J connectivity index is -0.0000000000709. The summed E-state index contributed by atoms with van der Waals surface area (Å²) in [7, 11) is -4.36. The zero-order valence-electron chi connectivity index (χ0n) is 25.3. The predicted molar refractivity (Wildman–Crippen MR) is 147 cm³/mol. The molecule has 392 valence electrons. The van der Waals surface area contributed by atoms with Crippen molar-refractivity contribution in [1.29, 1.82) is 0 Å². The molecule has 53 heavy (non-hydrogen) atoms. The molecule has 0 aromatic heterocycles. The van der Waals surface area contributed by atoms with E-state index in [2.05, 4.69) is 0 Å². The molecule has 53 heteroatoms. The van der Waals surface area contributed by atoms with Crippen LogP contribution in [0.15, 0.2) is 0 Å². The van der Waals surface area contributed by atoms with Gasteiger partial charge in [0.1, 0.15) is 0 Å². The minimum absolute atomic E-state index is 0. The second-order valence-corrected chi connectivity index (χ2v) is 1.91. The summed E-state index contributed by atoms with van der Waals surface area (Å²) >= 11 is 0. The molecule has 0 aliphatic rings. The van der Waals surface area contributed by atoms with Gasteiger partial charge in [0.15, 0.2) is 0 Å². The molecule has 0 fully saturated rings. The predicted octanol–water partition coefficient (Wildman–Crippen LogP) is -32.7. The van der Waals surface area contributed by atoms with Crippen LogP contribution < -0.4 is 0 Å². The fraction of sp³-hybridized carbons (Fsp3) is 0. The molecular weight excluding hydrogens is 2870 g/mol. The molecule has 0 atom stereocenters. The van der Waals surface area contributed by atoms with E-state index >= 15 is 0 Å². The van der Waals surface area contributed by atoms with Gasteiger partial charge < -0.3 is 216 Å².